The highest BCUT2D eigenvalue weighted by molar-refractivity contribution is 6.17. The Hall–Kier alpha value is -0.530. The first-order chi connectivity index (χ1) is 6.81. The largest absolute Gasteiger partial charge is 0.388 e. The van der Waals surface area contributed by atoms with Crippen molar-refractivity contribution in [2.45, 2.75) is 31.8 Å². The summed E-state index contributed by atoms with van der Waals surface area (Å²) >= 11 is 5.60. The van der Waals surface area contributed by atoms with E-state index >= 15 is 0 Å². The summed E-state index contributed by atoms with van der Waals surface area (Å²) in [7, 11) is 0. The summed E-state index contributed by atoms with van der Waals surface area (Å²) in [5.41, 5.74) is 3.88. The standard InChI is InChI=1S/C12H15ClO/c13-7-6-12(14)11-5-4-9-2-1-3-10(9)8-11/h4-5,8,12,14H,1-3,6-7H2. The molecule has 1 aliphatic rings. The van der Waals surface area contributed by atoms with Crippen LogP contribution in [0.15, 0.2) is 18.2 Å². The van der Waals surface area contributed by atoms with Gasteiger partial charge in [-0.25, -0.2) is 0 Å². The van der Waals surface area contributed by atoms with Crippen molar-refractivity contribution < 1.29 is 5.11 Å². The molecular weight excluding hydrogens is 196 g/mol. The summed E-state index contributed by atoms with van der Waals surface area (Å²) in [5, 5.41) is 9.77. The molecule has 1 nitrogen and oxygen atoms in total. The van der Waals surface area contributed by atoms with Gasteiger partial charge in [0.2, 0.25) is 0 Å². The number of aliphatic hydroxyl groups is 1. The molecule has 0 aliphatic heterocycles. The summed E-state index contributed by atoms with van der Waals surface area (Å²) in [4.78, 5) is 0. The first kappa shape index (κ1) is 10.0. The minimum absolute atomic E-state index is 0.390. The molecule has 0 aromatic heterocycles. The van der Waals surface area contributed by atoms with E-state index in [0.29, 0.717) is 12.3 Å². The van der Waals surface area contributed by atoms with Gasteiger partial charge >= 0.3 is 0 Å². The van der Waals surface area contributed by atoms with Gasteiger partial charge in [-0.05, 0) is 42.4 Å². The molecule has 1 aliphatic carbocycles. The molecule has 2 rings (SSSR count). The minimum Gasteiger partial charge on any atom is -0.388 e. The fraction of sp³-hybridized carbons (Fsp3) is 0.500. The fourth-order valence-corrected chi connectivity index (χ4v) is 2.28. The molecule has 1 N–H and O–H groups in total. The molecule has 0 radical (unpaired) electrons. The van der Waals surface area contributed by atoms with Gasteiger partial charge in [0, 0.05) is 5.88 Å². The molecule has 0 bridgehead atoms. The van der Waals surface area contributed by atoms with E-state index in [2.05, 4.69) is 12.1 Å². The highest BCUT2D eigenvalue weighted by atomic mass is 35.5. The van der Waals surface area contributed by atoms with Crippen LogP contribution in [0.25, 0.3) is 0 Å². The first-order valence-electron chi connectivity index (χ1n) is 5.17. The van der Waals surface area contributed by atoms with E-state index in [1.165, 1.54) is 24.0 Å². The molecule has 0 saturated carbocycles. The SMILES string of the molecule is OC(CCCl)c1ccc2c(c1)CCC2. The lowest BCUT2D eigenvalue weighted by Gasteiger charge is -2.10. The van der Waals surface area contributed by atoms with Crippen LogP contribution in [0.2, 0.25) is 0 Å². The Morgan fingerprint density at radius 3 is 2.86 bits per heavy atom. The summed E-state index contributed by atoms with van der Waals surface area (Å²) in [5.74, 6) is 0.512. The highest BCUT2D eigenvalue weighted by Gasteiger charge is 2.13. The predicted octanol–water partition coefficient (Wildman–Crippen LogP) is 2.84. The summed E-state index contributed by atoms with van der Waals surface area (Å²) in [6, 6.07) is 6.32. The number of benzene rings is 1. The molecule has 0 saturated heterocycles. The third-order valence-electron chi connectivity index (χ3n) is 2.89. The molecule has 1 atom stereocenters. The van der Waals surface area contributed by atoms with Crippen LogP contribution in [0, 0.1) is 0 Å². The van der Waals surface area contributed by atoms with Crippen molar-refractivity contribution in [3.8, 4) is 0 Å². The number of aryl methyl sites for hydroxylation is 2. The molecule has 0 fully saturated rings. The smallest absolute Gasteiger partial charge is 0.0801 e. The normalized spacial score (nSPS) is 16.7. The Morgan fingerprint density at radius 2 is 2.07 bits per heavy atom. The van der Waals surface area contributed by atoms with Gasteiger partial charge in [0.15, 0.2) is 0 Å². The quantitative estimate of drug-likeness (QED) is 0.761. The summed E-state index contributed by atoms with van der Waals surface area (Å²) < 4.78 is 0. The van der Waals surface area contributed by atoms with Crippen LogP contribution in [0.3, 0.4) is 0 Å². The maximum absolute atomic E-state index is 9.77. The molecule has 1 aromatic rings. The van der Waals surface area contributed by atoms with Gasteiger partial charge < -0.3 is 5.11 Å². The second kappa shape index (κ2) is 4.33. The highest BCUT2D eigenvalue weighted by Crippen LogP contribution is 2.26. The third kappa shape index (κ3) is 1.94. The van der Waals surface area contributed by atoms with Crippen molar-refractivity contribution in [2.24, 2.45) is 0 Å². The van der Waals surface area contributed by atoms with Crippen LogP contribution in [0.5, 0.6) is 0 Å². The second-order valence-corrected chi connectivity index (χ2v) is 4.25. The summed E-state index contributed by atoms with van der Waals surface area (Å²) in [6.07, 6.45) is 3.86. The van der Waals surface area contributed by atoms with Gasteiger partial charge in [-0.1, -0.05) is 18.2 Å². The number of rotatable bonds is 3. The average molecular weight is 211 g/mol. The monoisotopic (exact) mass is 210 g/mol. The van der Waals surface area contributed by atoms with Gasteiger partial charge in [-0.3, -0.25) is 0 Å². The number of alkyl halides is 1. The molecule has 0 amide bonds. The van der Waals surface area contributed by atoms with E-state index in [1.54, 1.807) is 0 Å². The number of aliphatic hydroxyl groups excluding tert-OH is 1. The van der Waals surface area contributed by atoms with Gasteiger partial charge in [-0.2, -0.15) is 0 Å². The fourth-order valence-electron chi connectivity index (χ4n) is 2.07. The molecular formula is C12H15ClO. The van der Waals surface area contributed by atoms with Crippen molar-refractivity contribution in [2.75, 3.05) is 5.88 Å². The van der Waals surface area contributed by atoms with Crippen LogP contribution in [-0.4, -0.2) is 11.0 Å². The zero-order valence-electron chi connectivity index (χ0n) is 8.17. The Labute approximate surface area is 89.7 Å². The third-order valence-corrected chi connectivity index (χ3v) is 3.11. The molecule has 1 aromatic carbocycles. The van der Waals surface area contributed by atoms with Crippen molar-refractivity contribution in [1.82, 2.24) is 0 Å². The molecule has 14 heavy (non-hydrogen) atoms. The van der Waals surface area contributed by atoms with Crippen molar-refractivity contribution in [1.29, 1.82) is 0 Å². The Kier molecular flexibility index (Phi) is 3.09. The van der Waals surface area contributed by atoms with E-state index in [-0.39, 0.29) is 0 Å². The second-order valence-electron chi connectivity index (χ2n) is 3.88. The number of fused-ring (bicyclic) bond motifs is 1. The predicted molar refractivity (Wildman–Crippen MR) is 58.8 cm³/mol. The zero-order valence-corrected chi connectivity index (χ0v) is 8.93. The first-order valence-corrected chi connectivity index (χ1v) is 5.70. The molecule has 1 unspecified atom stereocenters. The molecule has 0 heterocycles. The number of hydrogen-bond donors (Lipinski definition) is 1. The Morgan fingerprint density at radius 1 is 1.29 bits per heavy atom. The minimum atomic E-state index is -0.390. The lowest BCUT2D eigenvalue weighted by atomic mass is 10.0. The Bertz CT molecular complexity index is 322. The molecule has 0 spiro atoms. The van der Waals surface area contributed by atoms with E-state index in [9.17, 15) is 5.11 Å². The van der Waals surface area contributed by atoms with E-state index in [1.807, 2.05) is 6.07 Å². The Balaban J connectivity index is 2.19. The zero-order chi connectivity index (χ0) is 9.97. The van der Waals surface area contributed by atoms with Gasteiger partial charge in [-0.15, -0.1) is 11.6 Å². The average Bonchev–Trinajstić information content (AvgIpc) is 2.64. The van der Waals surface area contributed by atoms with Gasteiger partial charge in [0.25, 0.3) is 0 Å². The van der Waals surface area contributed by atoms with E-state index < -0.39 is 6.10 Å². The van der Waals surface area contributed by atoms with Crippen molar-refractivity contribution >= 4 is 11.6 Å². The van der Waals surface area contributed by atoms with Crippen LogP contribution in [-0.2, 0) is 12.8 Å². The van der Waals surface area contributed by atoms with Crippen molar-refractivity contribution in [3.63, 3.8) is 0 Å². The lowest BCUT2D eigenvalue weighted by Crippen LogP contribution is -1.99. The molecule has 2 heteroatoms. The lowest BCUT2D eigenvalue weighted by molar-refractivity contribution is 0.174. The maximum atomic E-state index is 9.77. The van der Waals surface area contributed by atoms with Crippen LogP contribution < -0.4 is 0 Å². The topological polar surface area (TPSA) is 20.2 Å². The number of halogens is 1. The molecule has 76 valence electrons. The summed E-state index contributed by atoms with van der Waals surface area (Å²) in [6.45, 7) is 0. The maximum Gasteiger partial charge on any atom is 0.0801 e. The van der Waals surface area contributed by atoms with E-state index in [4.69, 9.17) is 11.6 Å². The van der Waals surface area contributed by atoms with Crippen molar-refractivity contribution in [3.05, 3.63) is 34.9 Å². The van der Waals surface area contributed by atoms with Crippen LogP contribution >= 0.6 is 11.6 Å². The van der Waals surface area contributed by atoms with Crippen LogP contribution in [0.4, 0.5) is 0 Å². The van der Waals surface area contributed by atoms with Crippen LogP contribution in [0.1, 0.15) is 35.6 Å². The van der Waals surface area contributed by atoms with Gasteiger partial charge in [0.05, 0.1) is 6.10 Å². The van der Waals surface area contributed by atoms with E-state index in [0.717, 1.165) is 12.0 Å². The number of hydrogen-bond acceptors (Lipinski definition) is 1. The van der Waals surface area contributed by atoms with Gasteiger partial charge in [0.1, 0.15) is 0 Å².